The van der Waals surface area contributed by atoms with E-state index in [0.29, 0.717) is 18.0 Å². The van der Waals surface area contributed by atoms with Crippen LogP contribution in [0, 0.1) is 13.8 Å². The van der Waals surface area contributed by atoms with Crippen LogP contribution in [0.1, 0.15) is 29.5 Å². The first-order chi connectivity index (χ1) is 13.8. The number of aryl methyl sites for hydroxylation is 2. The second kappa shape index (κ2) is 7.08. The van der Waals surface area contributed by atoms with Crippen LogP contribution in [0.15, 0.2) is 41.2 Å². The van der Waals surface area contributed by atoms with E-state index < -0.39 is 12.1 Å². The standard InChI is InChI=1S/C20H21N5O4/c1-12-18(14(3)29-22-12)11-23-10-16(8-21-23)25-19(27)13(2)24(20(25)28)9-15-5-4-6-17(26)7-15/h4-8,10,13,26H,9,11H2,1-3H3. The molecule has 0 bridgehead atoms. The zero-order valence-electron chi connectivity index (χ0n) is 16.4. The number of phenolic OH excluding ortho intramolecular Hbond substituents is 1. The molecule has 0 spiro atoms. The highest BCUT2D eigenvalue weighted by molar-refractivity contribution is 6.21. The van der Waals surface area contributed by atoms with Gasteiger partial charge >= 0.3 is 6.03 Å². The number of benzene rings is 1. The molecule has 3 aromatic rings. The second-order valence-electron chi connectivity index (χ2n) is 7.13. The predicted octanol–water partition coefficient (Wildman–Crippen LogP) is 2.60. The Morgan fingerprint density at radius 3 is 2.69 bits per heavy atom. The van der Waals surface area contributed by atoms with Crippen LogP contribution in [0.25, 0.3) is 0 Å². The van der Waals surface area contributed by atoms with E-state index in [0.717, 1.165) is 21.7 Å². The van der Waals surface area contributed by atoms with E-state index >= 15 is 0 Å². The number of hydrogen-bond donors (Lipinski definition) is 1. The maximum Gasteiger partial charge on any atom is 0.332 e. The van der Waals surface area contributed by atoms with Crippen molar-refractivity contribution < 1.29 is 19.2 Å². The van der Waals surface area contributed by atoms with Crippen molar-refractivity contribution in [1.82, 2.24) is 19.8 Å². The van der Waals surface area contributed by atoms with Gasteiger partial charge in [-0.15, -0.1) is 0 Å². The van der Waals surface area contributed by atoms with Crippen LogP contribution in [0.5, 0.6) is 5.75 Å². The molecular weight excluding hydrogens is 374 g/mol. The van der Waals surface area contributed by atoms with E-state index in [4.69, 9.17) is 4.52 Å². The smallest absolute Gasteiger partial charge is 0.332 e. The second-order valence-corrected chi connectivity index (χ2v) is 7.13. The molecule has 29 heavy (non-hydrogen) atoms. The molecule has 1 N–H and O–H groups in total. The van der Waals surface area contributed by atoms with Crippen molar-refractivity contribution in [3.8, 4) is 5.75 Å². The van der Waals surface area contributed by atoms with Crippen LogP contribution in [0.3, 0.4) is 0 Å². The third-order valence-corrected chi connectivity index (χ3v) is 5.12. The van der Waals surface area contributed by atoms with Gasteiger partial charge in [0.25, 0.3) is 5.91 Å². The zero-order chi connectivity index (χ0) is 20.7. The Morgan fingerprint density at radius 1 is 1.21 bits per heavy atom. The molecule has 1 aromatic carbocycles. The van der Waals surface area contributed by atoms with Gasteiger partial charge in [0.2, 0.25) is 0 Å². The van der Waals surface area contributed by atoms with Gasteiger partial charge in [0.1, 0.15) is 17.6 Å². The maximum atomic E-state index is 13.0. The van der Waals surface area contributed by atoms with E-state index in [1.807, 2.05) is 13.8 Å². The normalized spacial score (nSPS) is 16.9. The number of phenols is 1. The summed E-state index contributed by atoms with van der Waals surface area (Å²) in [6.07, 6.45) is 3.16. The SMILES string of the molecule is Cc1noc(C)c1Cn1cc(N2C(=O)C(C)N(Cc3cccc(O)c3)C2=O)cn1. The number of nitrogens with zero attached hydrogens (tertiary/aromatic N) is 5. The molecular formula is C20H21N5O4. The minimum atomic E-state index is -0.615. The fourth-order valence-corrected chi connectivity index (χ4v) is 3.45. The summed E-state index contributed by atoms with van der Waals surface area (Å²) in [7, 11) is 0. The van der Waals surface area contributed by atoms with Gasteiger partial charge in [-0.2, -0.15) is 5.10 Å². The van der Waals surface area contributed by atoms with Crippen LogP contribution in [-0.2, 0) is 17.9 Å². The largest absolute Gasteiger partial charge is 0.508 e. The Morgan fingerprint density at radius 2 is 2.00 bits per heavy atom. The molecule has 0 aliphatic carbocycles. The molecule has 0 saturated carbocycles. The third kappa shape index (κ3) is 3.35. The number of aromatic nitrogens is 3. The van der Waals surface area contributed by atoms with Gasteiger partial charge in [0.05, 0.1) is 24.1 Å². The van der Waals surface area contributed by atoms with Gasteiger partial charge in [-0.1, -0.05) is 17.3 Å². The molecule has 0 radical (unpaired) electrons. The number of imide groups is 1. The van der Waals surface area contributed by atoms with E-state index in [1.54, 1.807) is 42.1 Å². The monoisotopic (exact) mass is 395 g/mol. The Bertz CT molecular complexity index is 1070. The predicted molar refractivity (Wildman–Crippen MR) is 103 cm³/mol. The van der Waals surface area contributed by atoms with Gasteiger partial charge in [-0.25, -0.2) is 9.69 Å². The zero-order valence-corrected chi connectivity index (χ0v) is 16.4. The fraction of sp³-hybridized carbons (Fsp3) is 0.300. The molecule has 3 amide bonds. The van der Waals surface area contributed by atoms with Crippen molar-refractivity contribution in [3.63, 3.8) is 0 Å². The number of amides is 3. The highest BCUT2D eigenvalue weighted by Crippen LogP contribution is 2.27. The van der Waals surface area contributed by atoms with E-state index in [1.165, 1.54) is 11.1 Å². The quantitative estimate of drug-likeness (QED) is 0.666. The van der Waals surface area contributed by atoms with E-state index in [2.05, 4.69) is 10.3 Å². The number of aromatic hydroxyl groups is 1. The summed E-state index contributed by atoms with van der Waals surface area (Å²) in [6, 6.07) is 5.61. The van der Waals surface area contributed by atoms with Crippen molar-refractivity contribution in [2.75, 3.05) is 4.90 Å². The van der Waals surface area contributed by atoms with Crippen molar-refractivity contribution in [2.45, 2.75) is 39.9 Å². The molecule has 1 aliphatic heterocycles. The topological polar surface area (TPSA) is 105 Å². The molecule has 4 rings (SSSR count). The Labute approximate surface area is 167 Å². The fourth-order valence-electron chi connectivity index (χ4n) is 3.45. The highest BCUT2D eigenvalue weighted by Gasteiger charge is 2.43. The summed E-state index contributed by atoms with van der Waals surface area (Å²) in [5, 5.41) is 17.9. The molecule has 1 aliphatic rings. The van der Waals surface area contributed by atoms with Crippen LogP contribution in [0.2, 0.25) is 0 Å². The average Bonchev–Trinajstić information content (AvgIpc) is 3.32. The molecule has 3 heterocycles. The number of carbonyl (C=O) groups excluding carboxylic acids is 2. The van der Waals surface area contributed by atoms with Gasteiger partial charge in [-0.05, 0) is 38.5 Å². The Balaban J connectivity index is 1.55. The minimum absolute atomic E-state index is 0.116. The number of anilines is 1. The molecule has 1 fully saturated rings. The molecule has 150 valence electrons. The summed E-state index contributed by atoms with van der Waals surface area (Å²) in [6.45, 7) is 6.03. The minimum Gasteiger partial charge on any atom is -0.508 e. The van der Waals surface area contributed by atoms with Gasteiger partial charge in [-0.3, -0.25) is 9.48 Å². The Hall–Kier alpha value is -3.62. The first-order valence-corrected chi connectivity index (χ1v) is 9.22. The molecule has 2 aromatic heterocycles. The number of carbonyl (C=O) groups is 2. The third-order valence-electron chi connectivity index (χ3n) is 5.12. The molecule has 1 unspecified atom stereocenters. The lowest BCUT2D eigenvalue weighted by Crippen LogP contribution is -2.33. The number of hydrogen-bond acceptors (Lipinski definition) is 6. The van der Waals surface area contributed by atoms with Crippen LogP contribution in [0.4, 0.5) is 10.5 Å². The highest BCUT2D eigenvalue weighted by atomic mass is 16.5. The first kappa shape index (κ1) is 18.7. The molecule has 9 heteroatoms. The summed E-state index contributed by atoms with van der Waals surface area (Å²) in [5.41, 5.74) is 2.85. The van der Waals surface area contributed by atoms with Crippen molar-refractivity contribution in [2.24, 2.45) is 0 Å². The lowest BCUT2D eigenvalue weighted by molar-refractivity contribution is -0.119. The number of urea groups is 1. The summed E-state index contributed by atoms with van der Waals surface area (Å²) < 4.78 is 6.81. The van der Waals surface area contributed by atoms with Crippen LogP contribution in [-0.4, -0.2) is 42.9 Å². The lowest BCUT2D eigenvalue weighted by Gasteiger charge is -2.19. The van der Waals surface area contributed by atoms with Gasteiger partial charge in [0, 0.05) is 18.3 Å². The first-order valence-electron chi connectivity index (χ1n) is 9.22. The maximum absolute atomic E-state index is 13.0. The Kier molecular flexibility index (Phi) is 4.57. The molecule has 1 atom stereocenters. The van der Waals surface area contributed by atoms with Crippen molar-refractivity contribution in [1.29, 1.82) is 0 Å². The van der Waals surface area contributed by atoms with Crippen LogP contribution < -0.4 is 4.90 Å². The van der Waals surface area contributed by atoms with Gasteiger partial charge < -0.3 is 14.5 Å². The van der Waals surface area contributed by atoms with E-state index in [-0.39, 0.29) is 18.2 Å². The lowest BCUT2D eigenvalue weighted by atomic mass is 10.2. The summed E-state index contributed by atoms with van der Waals surface area (Å²) >= 11 is 0. The van der Waals surface area contributed by atoms with Crippen molar-refractivity contribution in [3.05, 3.63) is 59.2 Å². The van der Waals surface area contributed by atoms with Gasteiger partial charge in [0.15, 0.2) is 0 Å². The molecule has 1 saturated heterocycles. The summed E-state index contributed by atoms with van der Waals surface area (Å²) in [5.74, 6) is 0.511. The summed E-state index contributed by atoms with van der Waals surface area (Å²) in [4.78, 5) is 28.3. The van der Waals surface area contributed by atoms with E-state index in [9.17, 15) is 14.7 Å². The molecule has 9 nitrogen and oxygen atoms in total. The van der Waals surface area contributed by atoms with Crippen molar-refractivity contribution >= 4 is 17.6 Å². The average molecular weight is 395 g/mol. The number of rotatable bonds is 5. The van der Waals surface area contributed by atoms with Crippen LogP contribution >= 0.6 is 0 Å².